The molecule has 0 radical (unpaired) electrons. The van der Waals surface area contributed by atoms with Crippen molar-refractivity contribution in [1.82, 2.24) is 4.72 Å². The number of ether oxygens (including phenoxy) is 3. The Bertz CT molecular complexity index is 932. The summed E-state index contributed by atoms with van der Waals surface area (Å²) in [5, 5.41) is 2.72. The largest absolute Gasteiger partial charge is 0.493 e. The first kappa shape index (κ1) is 22.5. The Kier molecular flexibility index (Phi) is 7.46. The van der Waals surface area contributed by atoms with E-state index in [1.165, 1.54) is 57.7 Å². The number of anilines is 1. The minimum atomic E-state index is -3.60. The van der Waals surface area contributed by atoms with Crippen molar-refractivity contribution in [2.75, 3.05) is 26.6 Å². The second-order valence-electron chi connectivity index (χ2n) is 6.32. The third-order valence-corrected chi connectivity index (χ3v) is 5.92. The van der Waals surface area contributed by atoms with Crippen LogP contribution < -0.4 is 24.2 Å². The van der Waals surface area contributed by atoms with Crippen LogP contribution in [-0.2, 0) is 10.0 Å². The van der Waals surface area contributed by atoms with Crippen molar-refractivity contribution in [3.05, 3.63) is 42.0 Å². The van der Waals surface area contributed by atoms with Crippen LogP contribution in [0.2, 0.25) is 0 Å². The highest BCUT2D eigenvalue weighted by atomic mass is 32.2. The summed E-state index contributed by atoms with van der Waals surface area (Å²) in [6, 6.07) is 8.84. The van der Waals surface area contributed by atoms with Crippen LogP contribution in [0.25, 0.3) is 0 Å². The number of carbonyl (C=O) groups is 1. The number of sulfonamides is 1. The predicted octanol–water partition coefficient (Wildman–Crippen LogP) is 3.04. The quantitative estimate of drug-likeness (QED) is 0.644. The average molecular weight is 423 g/mol. The minimum Gasteiger partial charge on any atom is -0.493 e. The van der Waals surface area contributed by atoms with E-state index in [0.29, 0.717) is 34.9 Å². The highest BCUT2D eigenvalue weighted by Gasteiger charge is 2.18. The van der Waals surface area contributed by atoms with Gasteiger partial charge in [0.25, 0.3) is 5.91 Å². The van der Waals surface area contributed by atoms with Crippen molar-refractivity contribution in [3.63, 3.8) is 0 Å². The maximum absolute atomic E-state index is 12.6. The number of amides is 1. The molecule has 2 N–H and O–H groups in total. The molecule has 1 amide bonds. The Balaban J connectivity index is 2.21. The van der Waals surface area contributed by atoms with Gasteiger partial charge in [0.15, 0.2) is 11.5 Å². The van der Waals surface area contributed by atoms with Gasteiger partial charge in [-0.25, -0.2) is 13.1 Å². The topological polar surface area (TPSA) is 103 Å². The molecule has 0 aromatic heterocycles. The second-order valence-corrected chi connectivity index (χ2v) is 8.04. The van der Waals surface area contributed by atoms with E-state index >= 15 is 0 Å². The van der Waals surface area contributed by atoms with Crippen LogP contribution in [0.1, 0.15) is 30.6 Å². The predicted molar refractivity (Wildman–Crippen MR) is 111 cm³/mol. The van der Waals surface area contributed by atoms with Crippen LogP contribution >= 0.6 is 0 Å². The first-order chi connectivity index (χ1) is 13.7. The van der Waals surface area contributed by atoms with E-state index in [0.717, 1.165) is 0 Å². The summed E-state index contributed by atoms with van der Waals surface area (Å²) in [5.74, 6) is 0.691. The number of hydrogen-bond acceptors (Lipinski definition) is 6. The molecule has 2 aromatic carbocycles. The van der Waals surface area contributed by atoms with Crippen molar-refractivity contribution in [2.45, 2.75) is 31.2 Å². The molecule has 0 aliphatic heterocycles. The summed E-state index contributed by atoms with van der Waals surface area (Å²) in [6.07, 6.45) is 0.683. The van der Waals surface area contributed by atoms with E-state index in [1.807, 2.05) is 6.92 Å². The number of nitrogens with one attached hydrogen (secondary N) is 2. The van der Waals surface area contributed by atoms with Gasteiger partial charge in [0.05, 0.1) is 26.2 Å². The van der Waals surface area contributed by atoms with Gasteiger partial charge in [-0.2, -0.15) is 0 Å². The molecule has 0 fully saturated rings. The molecule has 0 spiro atoms. The molecular formula is C20H26N2O6S. The molecule has 2 rings (SSSR count). The van der Waals surface area contributed by atoms with Crippen molar-refractivity contribution >= 4 is 21.6 Å². The van der Waals surface area contributed by atoms with Gasteiger partial charge in [0, 0.05) is 17.3 Å². The zero-order chi connectivity index (χ0) is 21.6. The fourth-order valence-electron chi connectivity index (χ4n) is 2.55. The van der Waals surface area contributed by atoms with Crippen molar-refractivity contribution in [2.24, 2.45) is 0 Å². The Labute approximate surface area is 171 Å². The van der Waals surface area contributed by atoms with Gasteiger partial charge < -0.3 is 19.5 Å². The smallest absolute Gasteiger partial charge is 0.255 e. The summed E-state index contributed by atoms with van der Waals surface area (Å²) < 4.78 is 43.0. The minimum absolute atomic E-state index is 0.128. The summed E-state index contributed by atoms with van der Waals surface area (Å²) in [4.78, 5) is 12.8. The van der Waals surface area contributed by atoms with Crippen LogP contribution in [0.5, 0.6) is 17.2 Å². The molecule has 0 bridgehead atoms. The van der Waals surface area contributed by atoms with Crippen LogP contribution in [0, 0.1) is 0 Å². The molecule has 0 aliphatic carbocycles. The number of carbonyl (C=O) groups excluding carboxylic acids is 1. The van der Waals surface area contributed by atoms with Crippen molar-refractivity contribution in [3.8, 4) is 17.2 Å². The molecule has 8 nitrogen and oxygen atoms in total. The maximum Gasteiger partial charge on any atom is 0.255 e. The Morgan fingerprint density at radius 3 is 2.00 bits per heavy atom. The Morgan fingerprint density at radius 1 is 1.00 bits per heavy atom. The van der Waals surface area contributed by atoms with Gasteiger partial charge in [0.1, 0.15) is 0 Å². The van der Waals surface area contributed by atoms with Gasteiger partial charge in [-0.3, -0.25) is 4.79 Å². The van der Waals surface area contributed by atoms with E-state index < -0.39 is 15.9 Å². The SMILES string of the molecule is CC[C@@H](C)NS(=O)(=O)c1ccc(NC(=O)c2cc(OC)c(OC)c(OC)c2)cc1. The third-order valence-electron chi connectivity index (χ3n) is 4.32. The molecule has 0 saturated carbocycles. The van der Waals surface area contributed by atoms with Crippen LogP contribution in [0.3, 0.4) is 0 Å². The van der Waals surface area contributed by atoms with E-state index in [4.69, 9.17) is 14.2 Å². The molecule has 0 unspecified atom stereocenters. The third kappa shape index (κ3) is 5.39. The maximum atomic E-state index is 12.6. The Hall–Kier alpha value is -2.78. The van der Waals surface area contributed by atoms with Crippen LogP contribution in [0.4, 0.5) is 5.69 Å². The molecular weight excluding hydrogens is 396 g/mol. The van der Waals surface area contributed by atoms with Gasteiger partial charge in [-0.15, -0.1) is 0 Å². The monoisotopic (exact) mass is 422 g/mol. The lowest BCUT2D eigenvalue weighted by Gasteiger charge is -2.14. The fraction of sp³-hybridized carbons (Fsp3) is 0.350. The lowest BCUT2D eigenvalue weighted by Crippen LogP contribution is -2.31. The Morgan fingerprint density at radius 2 is 1.55 bits per heavy atom. The molecule has 0 saturated heterocycles. The fourth-order valence-corrected chi connectivity index (χ4v) is 3.88. The number of benzene rings is 2. The first-order valence-electron chi connectivity index (χ1n) is 8.99. The molecule has 9 heteroatoms. The highest BCUT2D eigenvalue weighted by molar-refractivity contribution is 7.89. The van der Waals surface area contributed by atoms with E-state index in [9.17, 15) is 13.2 Å². The number of hydrogen-bond donors (Lipinski definition) is 2. The molecule has 0 aliphatic rings. The summed E-state index contributed by atoms with van der Waals surface area (Å²) >= 11 is 0. The van der Waals surface area contributed by atoms with Crippen LogP contribution in [-0.4, -0.2) is 41.7 Å². The molecule has 29 heavy (non-hydrogen) atoms. The highest BCUT2D eigenvalue weighted by Crippen LogP contribution is 2.38. The van der Waals surface area contributed by atoms with E-state index in [-0.39, 0.29) is 10.9 Å². The standard InChI is InChI=1S/C20H26N2O6S/c1-6-13(2)22-29(24,25)16-9-7-15(8-10-16)21-20(23)14-11-17(26-3)19(28-5)18(12-14)27-4/h7-13,22H,6H2,1-5H3,(H,21,23)/t13-/m1/s1. The van der Waals surface area contributed by atoms with Gasteiger partial charge in [-0.1, -0.05) is 6.92 Å². The number of rotatable bonds is 9. The molecule has 0 heterocycles. The average Bonchev–Trinajstić information content (AvgIpc) is 2.72. The van der Waals surface area contributed by atoms with E-state index in [1.54, 1.807) is 6.92 Å². The summed E-state index contributed by atoms with van der Waals surface area (Å²) in [5.41, 5.74) is 0.751. The van der Waals surface area contributed by atoms with Gasteiger partial charge >= 0.3 is 0 Å². The van der Waals surface area contributed by atoms with Crippen molar-refractivity contribution < 1.29 is 27.4 Å². The molecule has 1 atom stereocenters. The zero-order valence-electron chi connectivity index (χ0n) is 17.1. The van der Waals surface area contributed by atoms with Gasteiger partial charge in [0.2, 0.25) is 15.8 Å². The van der Waals surface area contributed by atoms with Crippen LogP contribution in [0.15, 0.2) is 41.3 Å². The molecule has 2 aromatic rings. The lowest BCUT2D eigenvalue weighted by molar-refractivity contribution is 0.102. The normalized spacial score (nSPS) is 12.2. The van der Waals surface area contributed by atoms with E-state index in [2.05, 4.69) is 10.0 Å². The summed E-state index contributed by atoms with van der Waals surface area (Å²) in [7, 11) is 0.801. The molecule has 158 valence electrons. The summed E-state index contributed by atoms with van der Waals surface area (Å²) in [6.45, 7) is 3.69. The first-order valence-corrected chi connectivity index (χ1v) is 10.5. The van der Waals surface area contributed by atoms with Gasteiger partial charge in [-0.05, 0) is 49.7 Å². The number of methoxy groups -OCH3 is 3. The second kappa shape index (κ2) is 9.62. The lowest BCUT2D eigenvalue weighted by atomic mass is 10.1. The zero-order valence-corrected chi connectivity index (χ0v) is 17.9. The van der Waals surface area contributed by atoms with Crippen molar-refractivity contribution in [1.29, 1.82) is 0 Å².